The summed E-state index contributed by atoms with van der Waals surface area (Å²) in [6.45, 7) is 3.05. The molecule has 0 saturated carbocycles. The number of benzene rings is 2. The number of nitrogens with zero attached hydrogens (tertiary/aromatic N) is 1. The number of carbonyl (C=O) groups is 4. The van der Waals surface area contributed by atoms with Gasteiger partial charge in [0.25, 0.3) is 11.1 Å². The number of ether oxygens (including phenoxy) is 2. The lowest BCUT2D eigenvalue weighted by Gasteiger charge is -2.13. The zero-order valence-corrected chi connectivity index (χ0v) is 18.8. The molecule has 172 valence electrons. The Labute approximate surface area is 194 Å². The lowest BCUT2D eigenvalue weighted by Crippen LogP contribution is -2.36. The highest BCUT2D eigenvalue weighted by Crippen LogP contribution is 2.34. The van der Waals surface area contributed by atoms with Crippen molar-refractivity contribution in [1.82, 2.24) is 4.90 Å². The number of rotatable bonds is 9. The summed E-state index contributed by atoms with van der Waals surface area (Å²) in [6.07, 6.45) is 1.51. The van der Waals surface area contributed by atoms with Gasteiger partial charge in [-0.15, -0.1) is 0 Å². The standard InChI is InChI=1S/C23H22N2O7S/c1-3-31-18-10-15(7-8-17(18)32-13-21(27)28)11-19-22(29)25(23(30)33-19)12-20(26)24-16-6-4-5-14(2)9-16/h4-11H,3,12-13H2,1-2H3,(H,24,26)(H,27,28)/b19-11-. The van der Waals surface area contributed by atoms with Crippen LogP contribution in [0.3, 0.4) is 0 Å². The van der Waals surface area contributed by atoms with Crippen LogP contribution in [-0.2, 0) is 14.4 Å². The number of anilines is 1. The molecule has 0 bridgehead atoms. The maximum absolute atomic E-state index is 12.7. The van der Waals surface area contributed by atoms with E-state index in [0.29, 0.717) is 23.6 Å². The average molecular weight is 471 g/mol. The molecule has 1 fully saturated rings. The molecule has 3 amide bonds. The van der Waals surface area contributed by atoms with E-state index in [1.54, 1.807) is 37.3 Å². The Morgan fingerprint density at radius 1 is 1.12 bits per heavy atom. The zero-order valence-electron chi connectivity index (χ0n) is 18.0. The molecule has 0 unspecified atom stereocenters. The minimum absolute atomic E-state index is 0.157. The fourth-order valence-electron chi connectivity index (χ4n) is 3.00. The van der Waals surface area contributed by atoms with Gasteiger partial charge >= 0.3 is 5.97 Å². The van der Waals surface area contributed by atoms with Gasteiger partial charge in [-0.25, -0.2) is 4.79 Å². The van der Waals surface area contributed by atoms with Crippen LogP contribution in [0.15, 0.2) is 47.4 Å². The van der Waals surface area contributed by atoms with Gasteiger partial charge in [0, 0.05) is 5.69 Å². The number of thioether (sulfide) groups is 1. The second kappa shape index (κ2) is 10.7. The van der Waals surface area contributed by atoms with Crippen LogP contribution in [0.1, 0.15) is 18.1 Å². The number of amides is 3. The number of carboxylic acid groups (broad SMARTS) is 1. The predicted octanol–water partition coefficient (Wildman–Crippen LogP) is 3.53. The van der Waals surface area contributed by atoms with Crippen molar-refractivity contribution < 1.29 is 33.8 Å². The van der Waals surface area contributed by atoms with E-state index in [-0.39, 0.29) is 10.7 Å². The van der Waals surface area contributed by atoms with Crippen molar-refractivity contribution in [3.05, 3.63) is 58.5 Å². The van der Waals surface area contributed by atoms with Crippen molar-refractivity contribution in [2.24, 2.45) is 0 Å². The third-order valence-corrected chi connectivity index (χ3v) is 5.30. The molecule has 0 spiro atoms. The summed E-state index contributed by atoms with van der Waals surface area (Å²) in [5.41, 5.74) is 2.10. The lowest BCUT2D eigenvalue weighted by atomic mass is 10.2. The summed E-state index contributed by atoms with van der Waals surface area (Å²) in [5, 5.41) is 10.9. The predicted molar refractivity (Wildman–Crippen MR) is 123 cm³/mol. The van der Waals surface area contributed by atoms with E-state index in [1.165, 1.54) is 12.1 Å². The van der Waals surface area contributed by atoms with Crippen LogP contribution in [-0.4, -0.2) is 52.8 Å². The first kappa shape index (κ1) is 23.9. The highest BCUT2D eigenvalue weighted by atomic mass is 32.2. The minimum Gasteiger partial charge on any atom is -0.490 e. The first-order chi connectivity index (χ1) is 15.8. The van der Waals surface area contributed by atoms with Crippen molar-refractivity contribution in [1.29, 1.82) is 0 Å². The number of hydrogen-bond donors (Lipinski definition) is 2. The second-order valence-corrected chi connectivity index (χ2v) is 8.00. The first-order valence-electron chi connectivity index (χ1n) is 10.00. The van der Waals surface area contributed by atoms with Gasteiger partial charge in [-0.1, -0.05) is 18.2 Å². The molecular weight excluding hydrogens is 448 g/mol. The normalized spacial score (nSPS) is 14.5. The molecular formula is C23H22N2O7S. The summed E-state index contributed by atoms with van der Waals surface area (Å²) in [6, 6.07) is 11.9. The van der Waals surface area contributed by atoms with Gasteiger partial charge in [-0.2, -0.15) is 0 Å². The van der Waals surface area contributed by atoms with Crippen LogP contribution < -0.4 is 14.8 Å². The maximum atomic E-state index is 12.7. The summed E-state index contributed by atoms with van der Waals surface area (Å²) in [7, 11) is 0. The van der Waals surface area contributed by atoms with E-state index in [2.05, 4.69) is 5.32 Å². The van der Waals surface area contributed by atoms with Crippen molar-refractivity contribution in [2.75, 3.05) is 25.1 Å². The quantitative estimate of drug-likeness (QED) is 0.534. The number of nitrogens with one attached hydrogen (secondary N) is 1. The molecule has 0 atom stereocenters. The maximum Gasteiger partial charge on any atom is 0.341 e. The highest BCUT2D eigenvalue weighted by molar-refractivity contribution is 8.18. The summed E-state index contributed by atoms with van der Waals surface area (Å²) >= 11 is 0.734. The van der Waals surface area contributed by atoms with E-state index in [0.717, 1.165) is 22.2 Å². The Morgan fingerprint density at radius 2 is 1.91 bits per heavy atom. The molecule has 0 aromatic heterocycles. The fraction of sp³-hybridized carbons (Fsp3) is 0.217. The molecule has 2 aromatic carbocycles. The molecule has 0 aliphatic carbocycles. The first-order valence-corrected chi connectivity index (χ1v) is 10.8. The second-order valence-electron chi connectivity index (χ2n) is 7.01. The number of aryl methyl sites for hydroxylation is 1. The minimum atomic E-state index is -1.12. The number of aliphatic carboxylic acids is 1. The van der Waals surface area contributed by atoms with Crippen LogP contribution >= 0.6 is 11.8 Å². The van der Waals surface area contributed by atoms with Crippen molar-refractivity contribution in [2.45, 2.75) is 13.8 Å². The largest absolute Gasteiger partial charge is 0.490 e. The molecule has 9 nitrogen and oxygen atoms in total. The van der Waals surface area contributed by atoms with E-state index >= 15 is 0 Å². The Morgan fingerprint density at radius 3 is 2.61 bits per heavy atom. The SMILES string of the molecule is CCOc1cc(/C=C2\SC(=O)N(CC(=O)Nc3cccc(C)c3)C2=O)ccc1OCC(=O)O. The summed E-state index contributed by atoms with van der Waals surface area (Å²) < 4.78 is 10.7. The van der Waals surface area contributed by atoms with E-state index in [1.807, 2.05) is 13.0 Å². The van der Waals surface area contributed by atoms with Crippen LogP contribution in [0, 0.1) is 6.92 Å². The molecule has 1 aliphatic rings. The molecule has 1 aliphatic heterocycles. The molecule has 2 N–H and O–H groups in total. The number of carboxylic acids is 1. The molecule has 2 aromatic rings. The third kappa shape index (κ3) is 6.36. The average Bonchev–Trinajstić information content (AvgIpc) is 3.00. The van der Waals surface area contributed by atoms with Crippen LogP contribution in [0.5, 0.6) is 11.5 Å². The molecule has 10 heteroatoms. The number of carbonyl (C=O) groups excluding carboxylic acids is 3. The number of hydrogen-bond acceptors (Lipinski definition) is 7. The van der Waals surface area contributed by atoms with Crippen molar-refractivity contribution >= 4 is 46.5 Å². The zero-order chi connectivity index (χ0) is 24.0. The van der Waals surface area contributed by atoms with Gasteiger partial charge in [-0.05, 0) is 67.1 Å². The summed E-state index contributed by atoms with van der Waals surface area (Å²) in [4.78, 5) is 49.2. The fourth-order valence-corrected chi connectivity index (χ4v) is 3.83. The van der Waals surface area contributed by atoms with Gasteiger partial charge in [0.2, 0.25) is 5.91 Å². The third-order valence-electron chi connectivity index (χ3n) is 4.39. The van der Waals surface area contributed by atoms with Crippen molar-refractivity contribution in [3.63, 3.8) is 0 Å². The Hall–Kier alpha value is -3.79. The van der Waals surface area contributed by atoms with Crippen LogP contribution in [0.25, 0.3) is 6.08 Å². The van der Waals surface area contributed by atoms with Crippen LogP contribution in [0.4, 0.5) is 10.5 Å². The monoisotopic (exact) mass is 470 g/mol. The summed E-state index contributed by atoms with van der Waals surface area (Å²) in [5.74, 6) is -1.63. The van der Waals surface area contributed by atoms with Crippen molar-refractivity contribution in [3.8, 4) is 11.5 Å². The number of imide groups is 1. The van der Waals surface area contributed by atoms with Gasteiger partial charge in [0.1, 0.15) is 6.54 Å². The van der Waals surface area contributed by atoms with Crippen LogP contribution in [0.2, 0.25) is 0 Å². The molecule has 1 saturated heterocycles. The van der Waals surface area contributed by atoms with Gasteiger partial charge in [0.15, 0.2) is 18.1 Å². The molecule has 0 radical (unpaired) electrons. The molecule has 3 rings (SSSR count). The molecule has 33 heavy (non-hydrogen) atoms. The van der Waals surface area contributed by atoms with Gasteiger partial charge in [0.05, 0.1) is 11.5 Å². The topological polar surface area (TPSA) is 122 Å². The van der Waals surface area contributed by atoms with Gasteiger partial charge < -0.3 is 19.9 Å². The van der Waals surface area contributed by atoms with E-state index < -0.39 is 36.2 Å². The Balaban J connectivity index is 1.72. The Kier molecular flexibility index (Phi) is 7.73. The smallest absolute Gasteiger partial charge is 0.341 e. The Bertz CT molecular complexity index is 1130. The highest BCUT2D eigenvalue weighted by Gasteiger charge is 2.36. The molecule has 1 heterocycles. The van der Waals surface area contributed by atoms with E-state index in [9.17, 15) is 19.2 Å². The van der Waals surface area contributed by atoms with Gasteiger partial charge in [-0.3, -0.25) is 19.3 Å². The van der Waals surface area contributed by atoms with E-state index in [4.69, 9.17) is 14.6 Å². The lowest BCUT2D eigenvalue weighted by molar-refractivity contribution is -0.139.